The van der Waals surface area contributed by atoms with Crippen LogP contribution in [0, 0.1) is 29.6 Å². The van der Waals surface area contributed by atoms with Gasteiger partial charge in [0.05, 0.1) is 43.4 Å². The van der Waals surface area contributed by atoms with Crippen LogP contribution in [0.1, 0.15) is 24.8 Å². The maximum Gasteiger partial charge on any atom is 0.515 e. The summed E-state index contributed by atoms with van der Waals surface area (Å²) < 4.78 is 49.4. The predicted molar refractivity (Wildman–Crippen MR) is 165 cm³/mol. The first-order valence-corrected chi connectivity index (χ1v) is 16.5. The lowest BCUT2D eigenvalue weighted by atomic mass is 9.64. The van der Waals surface area contributed by atoms with Crippen LogP contribution in [-0.2, 0) is 29.6 Å². The topological polar surface area (TPSA) is 112 Å². The van der Waals surface area contributed by atoms with Crippen LogP contribution in [-0.4, -0.2) is 83.4 Å². The number of ether oxygens (including phenoxy) is 4. The number of benzene rings is 2. The normalized spacial score (nSPS) is 26.3. The van der Waals surface area contributed by atoms with Gasteiger partial charge < -0.3 is 18.9 Å². The zero-order chi connectivity index (χ0) is 31.9. The van der Waals surface area contributed by atoms with Gasteiger partial charge in [-0.2, -0.15) is 4.79 Å². The number of epoxide rings is 1. The zero-order valence-electron chi connectivity index (χ0n) is 25.4. The maximum atomic E-state index is 13.9. The summed E-state index contributed by atoms with van der Waals surface area (Å²) in [6, 6.07) is 12.7. The molecule has 6 rings (SSSR count). The second kappa shape index (κ2) is 11.6. The van der Waals surface area contributed by atoms with E-state index in [-0.39, 0.29) is 47.0 Å². The average molecular weight is 632 g/mol. The first-order chi connectivity index (χ1) is 21.5. The summed E-state index contributed by atoms with van der Waals surface area (Å²) in [4.78, 5) is 27.6. The molecule has 2 fully saturated rings. The van der Waals surface area contributed by atoms with E-state index in [0.717, 1.165) is 18.4 Å². The largest absolute Gasteiger partial charge is 0.515 e. The van der Waals surface area contributed by atoms with Crippen molar-refractivity contribution in [2.24, 2.45) is 5.92 Å². The number of hydrogen-bond acceptors (Lipinski definition) is 8. The van der Waals surface area contributed by atoms with E-state index in [1.807, 2.05) is 6.07 Å². The Morgan fingerprint density at radius 1 is 1.00 bits per heavy atom. The number of nitrogens with zero attached hydrogens (tertiary/aromatic N) is 2. The van der Waals surface area contributed by atoms with E-state index in [0.29, 0.717) is 17.9 Å². The maximum absolute atomic E-state index is 13.9. The number of fused-ring (bicyclic) bond motifs is 1. The van der Waals surface area contributed by atoms with E-state index in [9.17, 15) is 18.0 Å². The molecule has 0 radical (unpaired) electrons. The predicted octanol–water partition coefficient (Wildman–Crippen LogP) is 4.05. The number of hydrogen-bond donors (Lipinski definition) is 0. The lowest BCUT2D eigenvalue weighted by Crippen LogP contribution is -2.57. The highest BCUT2D eigenvalue weighted by Crippen LogP contribution is 2.72. The van der Waals surface area contributed by atoms with Crippen LogP contribution in [0.25, 0.3) is 0 Å². The first-order valence-electron chi connectivity index (χ1n) is 14.9. The van der Waals surface area contributed by atoms with E-state index in [4.69, 9.17) is 18.9 Å². The van der Waals surface area contributed by atoms with Gasteiger partial charge >= 0.3 is 12.2 Å². The number of rotatable bonds is 8. The van der Waals surface area contributed by atoms with E-state index in [1.165, 1.54) is 17.0 Å². The third-order valence-electron chi connectivity index (χ3n) is 8.52. The Balaban J connectivity index is 1.30. The molecule has 0 aromatic heterocycles. The fourth-order valence-electron chi connectivity index (χ4n) is 6.42. The number of sulfone groups is 1. The van der Waals surface area contributed by atoms with Gasteiger partial charge in [-0.05, 0) is 61.7 Å². The van der Waals surface area contributed by atoms with Crippen molar-refractivity contribution in [2.75, 3.05) is 51.6 Å². The second-order valence-corrected chi connectivity index (χ2v) is 14.4. The highest BCUT2D eigenvalue weighted by atomic mass is 32.2. The Kier molecular flexibility index (Phi) is 7.90. The van der Waals surface area contributed by atoms with Crippen molar-refractivity contribution in [3.63, 3.8) is 0 Å². The number of amides is 2. The van der Waals surface area contributed by atoms with Gasteiger partial charge in [-0.25, -0.2) is 17.7 Å². The molecule has 4 bridgehead atoms. The van der Waals surface area contributed by atoms with Gasteiger partial charge in [0.2, 0.25) is 0 Å². The molecule has 2 aliphatic carbocycles. The molecule has 2 amide bonds. The Labute approximate surface area is 263 Å². The monoisotopic (exact) mass is 631 g/mol. The third kappa shape index (κ3) is 5.46. The molecule has 4 atom stereocenters. The van der Waals surface area contributed by atoms with Crippen LogP contribution in [0.5, 0.6) is 5.75 Å². The molecule has 11 heteroatoms. The molecular weight excluding hydrogens is 596 g/mol. The Morgan fingerprint density at radius 2 is 1.76 bits per heavy atom. The van der Waals surface area contributed by atoms with Crippen LogP contribution in [0.15, 0.2) is 65.6 Å². The first kappa shape index (κ1) is 30.7. The molecule has 234 valence electrons. The van der Waals surface area contributed by atoms with Gasteiger partial charge in [0, 0.05) is 5.56 Å². The van der Waals surface area contributed by atoms with Gasteiger partial charge in [-0.1, -0.05) is 41.9 Å². The SMILES string of the molecule is C[N+](C)(C)C(=O)OCCOc1ccc2c(c1)[C@@]13O[C@]14CCC[C@H]3C#C/C=C\C#C[C@@H]4N2C(=O)OCCS(=O)(=O)c1ccccc1. The van der Waals surface area contributed by atoms with E-state index in [2.05, 4.69) is 23.7 Å². The van der Waals surface area contributed by atoms with Crippen LogP contribution in [0.2, 0.25) is 0 Å². The summed E-state index contributed by atoms with van der Waals surface area (Å²) >= 11 is 0. The number of anilines is 1. The average Bonchev–Trinajstić information content (AvgIpc) is 3.73. The van der Waals surface area contributed by atoms with Gasteiger partial charge in [-0.15, -0.1) is 0 Å². The number of carbonyl (C=O) groups is 2. The Hall–Kier alpha value is -4.29. The molecule has 0 unspecified atom stereocenters. The number of allylic oxidation sites excluding steroid dienone is 2. The molecule has 0 N–H and O–H groups in total. The fourth-order valence-corrected chi connectivity index (χ4v) is 7.53. The third-order valence-corrected chi connectivity index (χ3v) is 10.2. The molecule has 4 aliphatic rings. The van der Waals surface area contributed by atoms with E-state index >= 15 is 0 Å². The Morgan fingerprint density at radius 3 is 2.51 bits per heavy atom. The minimum atomic E-state index is -3.65. The Bertz CT molecular complexity index is 1780. The van der Waals surface area contributed by atoms with Crippen molar-refractivity contribution in [3.8, 4) is 29.4 Å². The molecule has 1 saturated heterocycles. The van der Waals surface area contributed by atoms with Crippen molar-refractivity contribution in [1.29, 1.82) is 0 Å². The van der Waals surface area contributed by atoms with Gasteiger partial charge in [0.25, 0.3) is 0 Å². The molecule has 0 spiro atoms. The van der Waals surface area contributed by atoms with E-state index < -0.39 is 33.2 Å². The summed E-state index contributed by atoms with van der Waals surface area (Å²) in [5.41, 5.74) is -0.343. The van der Waals surface area contributed by atoms with Crippen molar-refractivity contribution in [2.45, 2.75) is 41.4 Å². The quantitative estimate of drug-likeness (QED) is 0.186. The number of quaternary nitrogens is 1. The number of carbonyl (C=O) groups excluding carboxylic acids is 2. The van der Waals surface area contributed by atoms with Crippen LogP contribution < -0.4 is 9.64 Å². The smallest absolute Gasteiger partial charge is 0.490 e. The standard InChI is InChI=1S/C34H35N2O8S/c1-36(2,3)32(38)43-21-20-41-26-17-18-29-28(24-26)34-25-12-7-4-5-10-16-30(33(34,44-34)19-11-13-25)35(29)31(37)42-22-23-45(39,40)27-14-8-6-9-15-27/h4-6,8-9,14-15,17-18,24-25,30H,11,13,19-23H2,1-3H3/q+1/b5-4-/t25-,30+,33+,34-/m1/s1. The highest BCUT2D eigenvalue weighted by Gasteiger charge is 2.81. The van der Waals surface area contributed by atoms with Crippen LogP contribution >= 0.6 is 0 Å². The lowest BCUT2D eigenvalue weighted by Gasteiger charge is -2.43. The highest BCUT2D eigenvalue weighted by molar-refractivity contribution is 7.91. The second-order valence-electron chi connectivity index (χ2n) is 12.3. The molecule has 2 aromatic carbocycles. The van der Waals surface area contributed by atoms with Crippen LogP contribution in [0.4, 0.5) is 15.3 Å². The van der Waals surface area contributed by atoms with Crippen molar-refractivity contribution >= 4 is 27.7 Å². The van der Waals surface area contributed by atoms with E-state index in [1.54, 1.807) is 63.6 Å². The van der Waals surface area contributed by atoms with Crippen molar-refractivity contribution in [3.05, 3.63) is 66.2 Å². The summed E-state index contributed by atoms with van der Waals surface area (Å²) in [7, 11) is 1.52. The summed E-state index contributed by atoms with van der Waals surface area (Å²) in [5, 5.41) is 0. The van der Waals surface area contributed by atoms with Crippen molar-refractivity contribution < 1.29 is 41.4 Å². The van der Waals surface area contributed by atoms with Gasteiger partial charge in [0.15, 0.2) is 9.84 Å². The minimum absolute atomic E-state index is 0.0343. The summed E-state index contributed by atoms with van der Waals surface area (Å²) in [6.07, 6.45) is 4.57. The molecule has 1 saturated carbocycles. The molecule has 45 heavy (non-hydrogen) atoms. The zero-order valence-corrected chi connectivity index (χ0v) is 26.3. The molecular formula is C34H35N2O8S+. The van der Waals surface area contributed by atoms with Gasteiger partial charge in [-0.3, -0.25) is 4.90 Å². The lowest BCUT2D eigenvalue weighted by molar-refractivity contribution is -0.795. The van der Waals surface area contributed by atoms with Crippen molar-refractivity contribution in [1.82, 2.24) is 0 Å². The van der Waals surface area contributed by atoms with Crippen LogP contribution in [0.3, 0.4) is 0 Å². The molecule has 2 aromatic rings. The molecule has 10 nitrogen and oxygen atoms in total. The van der Waals surface area contributed by atoms with Gasteiger partial charge in [0.1, 0.15) is 42.8 Å². The molecule has 2 heterocycles. The minimum Gasteiger partial charge on any atom is -0.490 e. The molecule has 2 aliphatic heterocycles. The summed E-state index contributed by atoms with van der Waals surface area (Å²) in [6.45, 7) is -0.130. The summed E-state index contributed by atoms with van der Waals surface area (Å²) in [5.74, 6) is 12.7. The fraction of sp³-hybridized carbons (Fsp3) is 0.412.